The molecule has 10 heteroatoms. The Kier molecular flexibility index (Phi) is 7.77. The monoisotopic (exact) mass is 459 g/mol. The van der Waals surface area contributed by atoms with E-state index in [9.17, 15) is 26.4 Å². The Labute approximate surface area is 181 Å². The first kappa shape index (κ1) is 23.7. The number of nitrogens with zero attached hydrogens (tertiary/aromatic N) is 3. The molecule has 2 saturated heterocycles. The third-order valence-electron chi connectivity index (χ3n) is 5.70. The largest absolute Gasteiger partial charge is 0.401 e. The van der Waals surface area contributed by atoms with Crippen LogP contribution in [-0.4, -0.2) is 80.4 Å². The van der Waals surface area contributed by atoms with Gasteiger partial charge in [-0.1, -0.05) is 30.3 Å². The molecule has 2 fully saturated rings. The van der Waals surface area contributed by atoms with Gasteiger partial charge in [0.15, 0.2) is 0 Å². The van der Waals surface area contributed by atoms with Crippen molar-refractivity contribution in [3.8, 4) is 0 Å². The van der Waals surface area contributed by atoms with E-state index < -0.39 is 22.7 Å². The molecule has 172 valence electrons. The Morgan fingerprint density at radius 2 is 1.68 bits per heavy atom. The van der Waals surface area contributed by atoms with Crippen molar-refractivity contribution in [2.24, 2.45) is 5.92 Å². The molecule has 2 aliphatic heterocycles. The standard InChI is InChI=1S/C21H28F3N3O3S/c22-21(23,24)17-25-10-4-11-26(15-14-25)20(28)19-7-12-27(13-8-19)31(29,30)16-9-18-5-2-1-3-6-18/h1-3,5-6,9,16,19H,4,7-8,10-15,17H2/b16-9+. The Morgan fingerprint density at radius 3 is 2.32 bits per heavy atom. The molecule has 1 aromatic rings. The predicted molar refractivity (Wildman–Crippen MR) is 112 cm³/mol. The molecule has 31 heavy (non-hydrogen) atoms. The van der Waals surface area contributed by atoms with Gasteiger partial charge in [-0.15, -0.1) is 0 Å². The Morgan fingerprint density at radius 1 is 1.00 bits per heavy atom. The molecule has 0 atom stereocenters. The molecule has 0 N–H and O–H groups in total. The van der Waals surface area contributed by atoms with E-state index in [2.05, 4.69) is 0 Å². The first-order chi connectivity index (χ1) is 14.6. The van der Waals surface area contributed by atoms with Gasteiger partial charge in [0, 0.05) is 50.6 Å². The second-order valence-corrected chi connectivity index (χ2v) is 9.82. The maximum atomic E-state index is 12.9. The minimum atomic E-state index is -4.24. The lowest BCUT2D eigenvalue weighted by Crippen LogP contribution is -2.45. The first-order valence-corrected chi connectivity index (χ1v) is 12.0. The fourth-order valence-electron chi connectivity index (χ4n) is 4.03. The van der Waals surface area contributed by atoms with Crippen LogP contribution in [0.1, 0.15) is 24.8 Å². The summed E-state index contributed by atoms with van der Waals surface area (Å²) in [6.45, 7) is 0.773. The van der Waals surface area contributed by atoms with Gasteiger partial charge in [-0.25, -0.2) is 8.42 Å². The number of piperidine rings is 1. The molecule has 0 saturated carbocycles. The molecule has 0 unspecified atom stereocenters. The summed E-state index contributed by atoms with van der Waals surface area (Å²) < 4.78 is 64.4. The van der Waals surface area contributed by atoms with E-state index in [-0.39, 0.29) is 38.0 Å². The van der Waals surface area contributed by atoms with Crippen molar-refractivity contribution in [1.29, 1.82) is 0 Å². The van der Waals surface area contributed by atoms with E-state index in [1.807, 2.05) is 30.3 Å². The molecule has 3 rings (SSSR count). The molecule has 0 aromatic heterocycles. The van der Waals surface area contributed by atoms with E-state index in [0.29, 0.717) is 32.4 Å². The lowest BCUT2D eigenvalue weighted by Gasteiger charge is -2.33. The fourth-order valence-corrected chi connectivity index (χ4v) is 5.25. The zero-order chi connectivity index (χ0) is 22.5. The highest BCUT2D eigenvalue weighted by Crippen LogP contribution is 2.24. The van der Waals surface area contributed by atoms with Gasteiger partial charge in [-0.05, 0) is 30.9 Å². The Bertz CT molecular complexity index is 867. The van der Waals surface area contributed by atoms with E-state index in [1.165, 1.54) is 14.6 Å². The van der Waals surface area contributed by atoms with Crippen LogP contribution >= 0.6 is 0 Å². The van der Waals surface area contributed by atoms with Gasteiger partial charge >= 0.3 is 6.18 Å². The molecule has 1 aromatic carbocycles. The van der Waals surface area contributed by atoms with Crippen molar-refractivity contribution in [3.63, 3.8) is 0 Å². The predicted octanol–water partition coefficient (Wildman–Crippen LogP) is 2.80. The smallest absolute Gasteiger partial charge is 0.341 e. The van der Waals surface area contributed by atoms with E-state index in [1.54, 1.807) is 11.0 Å². The van der Waals surface area contributed by atoms with Crippen LogP contribution in [0, 0.1) is 5.92 Å². The SMILES string of the molecule is O=C(C1CCN(S(=O)(=O)/C=C/c2ccccc2)CC1)N1CCCN(CC(F)(F)F)CC1. The summed E-state index contributed by atoms with van der Waals surface area (Å²) >= 11 is 0. The van der Waals surface area contributed by atoms with Crippen LogP contribution in [0.25, 0.3) is 6.08 Å². The molecule has 0 aliphatic carbocycles. The number of rotatable bonds is 5. The molecule has 0 radical (unpaired) electrons. The van der Waals surface area contributed by atoms with Gasteiger partial charge in [0.1, 0.15) is 0 Å². The number of amides is 1. The fraction of sp³-hybridized carbons (Fsp3) is 0.571. The van der Waals surface area contributed by atoms with E-state index >= 15 is 0 Å². The number of sulfonamides is 1. The molecular formula is C21H28F3N3O3S. The summed E-state index contributed by atoms with van der Waals surface area (Å²) in [4.78, 5) is 15.8. The van der Waals surface area contributed by atoms with Gasteiger partial charge in [0.05, 0.1) is 6.54 Å². The van der Waals surface area contributed by atoms with E-state index in [0.717, 1.165) is 5.56 Å². The van der Waals surface area contributed by atoms with Crippen molar-refractivity contribution in [2.75, 3.05) is 45.8 Å². The van der Waals surface area contributed by atoms with Crippen molar-refractivity contribution in [3.05, 3.63) is 41.3 Å². The quantitative estimate of drug-likeness (QED) is 0.680. The summed E-state index contributed by atoms with van der Waals surface area (Å²) in [5.41, 5.74) is 0.789. The summed E-state index contributed by atoms with van der Waals surface area (Å²) in [6.07, 6.45) is -1.36. The van der Waals surface area contributed by atoms with E-state index in [4.69, 9.17) is 0 Å². The first-order valence-electron chi connectivity index (χ1n) is 10.5. The van der Waals surface area contributed by atoms with Crippen LogP contribution in [0.2, 0.25) is 0 Å². The van der Waals surface area contributed by atoms with Gasteiger partial charge in [0.25, 0.3) is 0 Å². The zero-order valence-electron chi connectivity index (χ0n) is 17.3. The minimum absolute atomic E-state index is 0.0780. The highest BCUT2D eigenvalue weighted by atomic mass is 32.2. The molecule has 2 aliphatic rings. The number of hydrogen-bond donors (Lipinski definition) is 0. The second-order valence-electron chi connectivity index (χ2n) is 8.00. The highest BCUT2D eigenvalue weighted by Gasteiger charge is 2.35. The molecule has 0 spiro atoms. The van der Waals surface area contributed by atoms with Crippen LogP contribution in [0.5, 0.6) is 0 Å². The van der Waals surface area contributed by atoms with Crippen molar-refractivity contribution in [2.45, 2.75) is 25.4 Å². The summed E-state index contributed by atoms with van der Waals surface area (Å²) in [5, 5.41) is 1.19. The number of carbonyl (C=O) groups is 1. The van der Waals surface area contributed by atoms with Crippen molar-refractivity contribution >= 4 is 22.0 Å². The second kappa shape index (κ2) is 10.1. The maximum absolute atomic E-state index is 12.9. The molecular weight excluding hydrogens is 431 g/mol. The van der Waals surface area contributed by atoms with Gasteiger partial charge < -0.3 is 4.90 Å². The van der Waals surface area contributed by atoms with Crippen LogP contribution in [0.4, 0.5) is 13.2 Å². The summed E-state index contributed by atoms with van der Waals surface area (Å²) in [7, 11) is -3.57. The van der Waals surface area contributed by atoms with Gasteiger partial charge in [0.2, 0.25) is 15.9 Å². The highest BCUT2D eigenvalue weighted by molar-refractivity contribution is 7.92. The molecule has 1 amide bonds. The summed E-state index contributed by atoms with van der Waals surface area (Å²) in [6, 6.07) is 9.14. The number of halogens is 3. The number of alkyl halides is 3. The molecule has 6 nitrogen and oxygen atoms in total. The maximum Gasteiger partial charge on any atom is 0.401 e. The minimum Gasteiger partial charge on any atom is -0.341 e. The Balaban J connectivity index is 1.51. The van der Waals surface area contributed by atoms with Gasteiger partial charge in [-0.2, -0.15) is 17.5 Å². The third kappa shape index (κ3) is 7.05. The average Bonchev–Trinajstić information content (AvgIpc) is 2.97. The molecule has 2 heterocycles. The number of carbonyl (C=O) groups excluding carboxylic acids is 1. The third-order valence-corrected chi connectivity index (χ3v) is 7.26. The Hall–Kier alpha value is -1.91. The van der Waals surface area contributed by atoms with Crippen LogP contribution in [-0.2, 0) is 14.8 Å². The number of benzene rings is 1. The summed E-state index contributed by atoms with van der Waals surface area (Å²) in [5.74, 6) is -0.371. The lowest BCUT2D eigenvalue weighted by atomic mass is 9.96. The normalized spacial score (nSPS) is 20.8. The zero-order valence-corrected chi connectivity index (χ0v) is 18.1. The van der Waals surface area contributed by atoms with Crippen LogP contribution in [0.3, 0.4) is 0 Å². The average molecular weight is 460 g/mol. The lowest BCUT2D eigenvalue weighted by molar-refractivity contribution is -0.145. The topological polar surface area (TPSA) is 60.9 Å². The van der Waals surface area contributed by atoms with Gasteiger partial charge in [-0.3, -0.25) is 9.69 Å². The molecule has 0 bridgehead atoms. The van der Waals surface area contributed by atoms with Crippen molar-refractivity contribution in [1.82, 2.24) is 14.1 Å². The number of hydrogen-bond acceptors (Lipinski definition) is 4. The van der Waals surface area contributed by atoms with Crippen molar-refractivity contribution < 1.29 is 26.4 Å². The van der Waals surface area contributed by atoms with Crippen LogP contribution < -0.4 is 0 Å². The van der Waals surface area contributed by atoms with Crippen LogP contribution in [0.15, 0.2) is 35.7 Å².